The minimum absolute atomic E-state index is 0.0423. The topological polar surface area (TPSA) is 56.8 Å². The second-order valence-corrected chi connectivity index (χ2v) is 4.78. The van der Waals surface area contributed by atoms with Crippen molar-refractivity contribution in [2.45, 2.75) is 20.8 Å². The summed E-state index contributed by atoms with van der Waals surface area (Å²) in [6.07, 6.45) is 0. The lowest BCUT2D eigenvalue weighted by Gasteiger charge is -2.19. The van der Waals surface area contributed by atoms with Crippen molar-refractivity contribution < 1.29 is 4.74 Å². The fourth-order valence-electron chi connectivity index (χ4n) is 1.11. The molecular weight excluding hydrogens is 200 g/mol. The molecule has 0 saturated heterocycles. The Morgan fingerprint density at radius 3 is 2.38 bits per heavy atom. The zero-order valence-corrected chi connectivity index (χ0v) is 9.74. The molecular formula is C13H14N2O. The second-order valence-electron chi connectivity index (χ2n) is 4.78. The Morgan fingerprint density at radius 1 is 1.19 bits per heavy atom. The number of rotatable bonds is 2. The van der Waals surface area contributed by atoms with E-state index in [2.05, 4.69) is 20.8 Å². The van der Waals surface area contributed by atoms with Gasteiger partial charge in [0.05, 0.1) is 23.8 Å². The van der Waals surface area contributed by atoms with Crippen LogP contribution in [0.25, 0.3) is 0 Å². The van der Waals surface area contributed by atoms with Crippen molar-refractivity contribution >= 4 is 0 Å². The Hall–Kier alpha value is -2.00. The molecule has 0 N–H and O–H groups in total. The van der Waals surface area contributed by atoms with Crippen LogP contribution in [0.3, 0.4) is 0 Å². The maximum Gasteiger partial charge on any atom is 0.137 e. The van der Waals surface area contributed by atoms with Crippen molar-refractivity contribution in [2.24, 2.45) is 5.41 Å². The second kappa shape index (κ2) is 4.68. The van der Waals surface area contributed by atoms with Crippen LogP contribution >= 0.6 is 0 Å². The third-order valence-electron chi connectivity index (χ3n) is 1.89. The monoisotopic (exact) mass is 214 g/mol. The first kappa shape index (κ1) is 12.1. The van der Waals surface area contributed by atoms with Gasteiger partial charge in [0.25, 0.3) is 0 Å². The van der Waals surface area contributed by atoms with Gasteiger partial charge in [-0.15, -0.1) is 0 Å². The Kier molecular flexibility index (Phi) is 3.53. The molecule has 0 saturated carbocycles. The first-order chi connectivity index (χ1) is 7.46. The van der Waals surface area contributed by atoms with E-state index in [0.717, 1.165) is 0 Å². The van der Waals surface area contributed by atoms with E-state index in [4.69, 9.17) is 15.3 Å². The SMILES string of the molecule is CC(C)(C)COc1ccc(C#N)cc1C#N. The van der Waals surface area contributed by atoms with Crippen LogP contribution in [-0.2, 0) is 0 Å². The van der Waals surface area contributed by atoms with Crippen molar-refractivity contribution in [2.75, 3.05) is 6.61 Å². The molecule has 0 aliphatic carbocycles. The summed E-state index contributed by atoms with van der Waals surface area (Å²) < 4.78 is 5.56. The van der Waals surface area contributed by atoms with E-state index >= 15 is 0 Å². The van der Waals surface area contributed by atoms with Gasteiger partial charge in [0.1, 0.15) is 11.8 Å². The largest absolute Gasteiger partial charge is 0.492 e. The fraction of sp³-hybridized carbons (Fsp3) is 0.385. The van der Waals surface area contributed by atoms with Gasteiger partial charge in [-0.3, -0.25) is 0 Å². The van der Waals surface area contributed by atoms with Gasteiger partial charge in [0.15, 0.2) is 0 Å². The average Bonchev–Trinajstić information content (AvgIpc) is 2.25. The minimum atomic E-state index is 0.0423. The molecule has 0 heterocycles. The maximum atomic E-state index is 8.93. The first-order valence-electron chi connectivity index (χ1n) is 5.03. The smallest absolute Gasteiger partial charge is 0.137 e. The molecule has 0 aliphatic rings. The third kappa shape index (κ3) is 3.29. The average molecular weight is 214 g/mol. The molecule has 0 atom stereocenters. The standard InChI is InChI=1S/C13H14N2O/c1-13(2,3)9-16-12-5-4-10(7-14)6-11(12)8-15/h4-6H,9H2,1-3H3. The number of nitrogens with zero attached hydrogens (tertiary/aromatic N) is 2. The van der Waals surface area contributed by atoms with Gasteiger partial charge in [0, 0.05) is 0 Å². The highest BCUT2D eigenvalue weighted by atomic mass is 16.5. The van der Waals surface area contributed by atoms with Gasteiger partial charge in [0.2, 0.25) is 0 Å². The zero-order valence-electron chi connectivity index (χ0n) is 9.74. The molecule has 0 unspecified atom stereocenters. The first-order valence-corrected chi connectivity index (χ1v) is 5.03. The molecule has 0 aromatic heterocycles. The van der Waals surface area contributed by atoms with E-state index < -0.39 is 0 Å². The van der Waals surface area contributed by atoms with Crippen LogP contribution in [-0.4, -0.2) is 6.61 Å². The van der Waals surface area contributed by atoms with Gasteiger partial charge in [-0.25, -0.2) is 0 Å². The van der Waals surface area contributed by atoms with E-state index in [-0.39, 0.29) is 5.41 Å². The van der Waals surface area contributed by atoms with Crippen LogP contribution in [0.1, 0.15) is 31.9 Å². The molecule has 1 aromatic rings. The molecule has 1 aromatic carbocycles. The van der Waals surface area contributed by atoms with E-state index in [1.807, 2.05) is 12.1 Å². The highest BCUT2D eigenvalue weighted by molar-refractivity contribution is 5.48. The normalized spacial score (nSPS) is 10.3. The summed E-state index contributed by atoms with van der Waals surface area (Å²) in [5, 5.41) is 17.6. The molecule has 0 bridgehead atoms. The van der Waals surface area contributed by atoms with Crippen molar-refractivity contribution in [3.05, 3.63) is 29.3 Å². The van der Waals surface area contributed by atoms with E-state index in [1.165, 1.54) is 6.07 Å². The predicted molar refractivity (Wildman–Crippen MR) is 60.8 cm³/mol. The van der Waals surface area contributed by atoms with Gasteiger partial charge in [-0.05, 0) is 23.6 Å². The molecule has 0 radical (unpaired) electrons. The summed E-state index contributed by atoms with van der Waals surface area (Å²) in [6.45, 7) is 6.71. The fourth-order valence-corrected chi connectivity index (χ4v) is 1.11. The molecule has 1 rings (SSSR count). The van der Waals surface area contributed by atoms with E-state index in [0.29, 0.717) is 23.5 Å². The van der Waals surface area contributed by atoms with Gasteiger partial charge < -0.3 is 4.74 Å². The zero-order chi connectivity index (χ0) is 12.2. The molecule has 0 amide bonds. The predicted octanol–water partition coefficient (Wildman–Crippen LogP) is 2.85. The Bertz CT molecular complexity index is 458. The summed E-state index contributed by atoms with van der Waals surface area (Å²) in [4.78, 5) is 0. The quantitative estimate of drug-likeness (QED) is 0.760. The highest BCUT2D eigenvalue weighted by Gasteiger charge is 2.13. The number of nitriles is 2. The van der Waals surface area contributed by atoms with Crippen LogP contribution < -0.4 is 4.74 Å². The van der Waals surface area contributed by atoms with Crippen LogP contribution in [0, 0.1) is 28.1 Å². The van der Waals surface area contributed by atoms with E-state index in [1.54, 1.807) is 12.1 Å². The summed E-state index contributed by atoms with van der Waals surface area (Å²) in [7, 11) is 0. The molecule has 82 valence electrons. The Labute approximate surface area is 95.9 Å². The molecule has 0 aliphatic heterocycles. The molecule has 16 heavy (non-hydrogen) atoms. The van der Waals surface area contributed by atoms with Crippen molar-refractivity contribution in [3.63, 3.8) is 0 Å². The summed E-state index contributed by atoms with van der Waals surface area (Å²) >= 11 is 0. The van der Waals surface area contributed by atoms with Crippen molar-refractivity contribution in [1.82, 2.24) is 0 Å². The van der Waals surface area contributed by atoms with Crippen LogP contribution in [0.2, 0.25) is 0 Å². The number of ether oxygens (including phenoxy) is 1. The summed E-state index contributed by atoms with van der Waals surface area (Å²) in [5.74, 6) is 0.538. The van der Waals surface area contributed by atoms with Gasteiger partial charge >= 0.3 is 0 Å². The summed E-state index contributed by atoms with van der Waals surface area (Å²) in [6, 6.07) is 8.89. The van der Waals surface area contributed by atoms with E-state index in [9.17, 15) is 0 Å². The van der Waals surface area contributed by atoms with Crippen LogP contribution in [0.4, 0.5) is 0 Å². The third-order valence-corrected chi connectivity index (χ3v) is 1.89. The number of hydrogen-bond acceptors (Lipinski definition) is 3. The minimum Gasteiger partial charge on any atom is -0.492 e. The van der Waals surface area contributed by atoms with Crippen LogP contribution in [0.5, 0.6) is 5.75 Å². The lowest BCUT2D eigenvalue weighted by Crippen LogP contribution is -2.17. The van der Waals surface area contributed by atoms with Gasteiger partial charge in [-0.2, -0.15) is 10.5 Å². The van der Waals surface area contributed by atoms with Crippen molar-refractivity contribution in [1.29, 1.82) is 10.5 Å². The number of benzene rings is 1. The van der Waals surface area contributed by atoms with Crippen LogP contribution in [0.15, 0.2) is 18.2 Å². The van der Waals surface area contributed by atoms with Crippen molar-refractivity contribution in [3.8, 4) is 17.9 Å². The van der Waals surface area contributed by atoms with Gasteiger partial charge in [-0.1, -0.05) is 20.8 Å². The highest BCUT2D eigenvalue weighted by Crippen LogP contribution is 2.22. The maximum absolute atomic E-state index is 8.93. The summed E-state index contributed by atoms with van der Waals surface area (Å²) in [5.41, 5.74) is 0.920. The Balaban J connectivity index is 2.90. The molecule has 3 heteroatoms. The molecule has 0 spiro atoms. The lowest BCUT2D eigenvalue weighted by atomic mass is 9.98. The Morgan fingerprint density at radius 2 is 1.88 bits per heavy atom. The molecule has 0 fully saturated rings. The molecule has 3 nitrogen and oxygen atoms in total. The number of hydrogen-bond donors (Lipinski definition) is 0. The lowest BCUT2D eigenvalue weighted by molar-refractivity contribution is 0.197.